The summed E-state index contributed by atoms with van der Waals surface area (Å²) in [6.07, 6.45) is 6.55. The first kappa shape index (κ1) is 17.0. The summed E-state index contributed by atoms with van der Waals surface area (Å²) < 4.78 is 1.14. The predicted molar refractivity (Wildman–Crippen MR) is 94.2 cm³/mol. The van der Waals surface area contributed by atoms with Gasteiger partial charge in [0.1, 0.15) is 0 Å². The number of hydrogen-bond donors (Lipinski definition) is 1. The van der Waals surface area contributed by atoms with Crippen molar-refractivity contribution in [3.05, 3.63) is 34.3 Å². The molecule has 1 aliphatic carbocycles. The molecule has 0 heterocycles. The van der Waals surface area contributed by atoms with Crippen LogP contribution < -0.4 is 5.73 Å². The van der Waals surface area contributed by atoms with Gasteiger partial charge in [-0.1, -0.05) is 47.8 Å². The summed E-state index contributed by atoms with van der Waals surface area (Å²) in [6.45, 7) is 4.43. The maximum absolute atomic E-state index is 6.37. The predicted octanol–water partition coefficient (Wildman–Crippen LogP) is 4.42. The van der Waals surface area contributed by atoms with Gasteiger partial charge in [0.2, 0.25) is 0 Å². The van der Waals surface area contributed by atoms with Crippen LogP contribution in [-0.4, -0.2) is 24.5 Å². The minimum atomic E-state index is 0.394. The van der Waals surface area contributed by atoms with E-state index in [1.54, 1.807) is 0 Å². The van der Waals surface area contributed by atoms with E-state index >= 15 is 0 Å². The molecule has 0 aromatic heterocycles. The fourth-order valence-electron chi connectivity index (χ4n) is 3.63. The summed E-state index contributed by atoms with van der Waals surface area (Å²) in [7, 11) is 2.22. The van der Waals surface area contributed by atoms with Gasteiger partial charge in [-0.15, -0.1) is 0 Å². The van der Waals surface area contributed by atoms with Crippen molar-refractivity contribution >= 4 is 15.9 Å². The van der Waals surface area contributed by atoms with Crippen molar-refractivity contribution in [3.63, 3.8) is 0 Å². The highest BCUT2D eigenvalue weighted by molar-refractivity contribution is 9.10. The Hall–Kier alpha value is -0.380. The molecule has 21 heavy (non-hydrogen) atoms. The molecule has 2 rings (SSSR count). The molecule has 2 nitrogen and oxygen atoms in total. The molecule has 118 valence electrons. The molecule has 0 aliphatic heterocycles. The van der Waals surface area contributed by atoms with Crippen LogP contribution in [0.3, 0.4) is 0 Å². The van der Waals surface area contributed by atoms with Crippen LogP contribution in [0.5, 0.6) is 0 Å². The van der Waals surface area contributed by atoms with E-state index in [1.165, 1.54) is 37.7 Å². The van der Waals surface area contributed by atoms with Crippen LogP contribution in [0.15, 0.2) is 28.7 Å². The standard InChI is InChI=1S/C18H29BrN2/c1-3-4-14-7-10-18(20)16(11-14)13-21(2)12-15-5-8-17(19)9-6-15/h5-6,8-9,14,16,18H,3-4,7,10-13,20H2,1-2H3. The Morgan fingerprint density at radius 1 is 1.24 bits per heavy atom. The van der Waals surface area contributed by atoms with E-state index in [2.05, 4.69) is 59.1 Å². The lowest BCUT2D eigenvalue weighted by Crippen LogP contribution is -2.42. The molecule has 1 fully saturated rings. The molecule has 2 N–H and O–H groups in total. The second-order valence-electron chi connectivity index (χ2n) is 6.71. The quantitative estimate of drug-likeness (QED) is 0.820. The molecule has 1 aromatic rings. The molecule has 1 aromatic carbocycles. The minimum Gasteiger partial charge on any atom is -0.327 e. The van der Waals surface area contributed by atoms with E-state index in [0.717, 1.165) is 23.5 Å². The van der Waals surface area contributed by atoms with E-state index in [9.17, 15) is 0 Å². The monoisotopic (exact) mass is 352 g/mol. The van der Waals surface area contributed by atoms with Gasteiger partial charge in [0.15, 0.2) is 0 Å². The smallest absolute Gasteiger partial charge is 0.0230 e. The van der Waals surface area contributed by atoms with Gasteiger partial charge in [-0.05, 0) is 55.8 Å². The maximum Gasteiger partial charge on any atom is 0.0230 e. The van der Waals surface area contributed by atoms with Gasteiger partial charge in [-0.3, -0.25) is 0 Å². The fourth-order valence-corrected chi connectivity index (χ4v) is 3.90. The first-order chi connectivity index (χ1) is 10.1. The van der Waals surface area contributed by atoms with Gasteiger partial charge >= 0.3 is 0 Å². The Morgan fingerprint density at radius 3 is 2.62 bits per heavy atom. The average Bonchev–Trinajstić information content (AvgIpc) is 2.45. The highest BCUT2D eigenvalue weighted by atomic mass is 79.9. The summed E-state index contributed by atoms with van der Waals surface area (Å²) in [5.74, 6) is 1.57. The average molecular weight is 353 g/mol. The highest BCUT2D eigenvalue weighted by Gasteiger charge is 2.28. The Labute approximate surface area is 138 Å². The number of rotatable bonds is 6. The van der Waals surface area contributed by atoms with Gasteiger partial charge in [0.25, 0.3) is 0 Å². The summed E-state index contributed by atoms with van der Waals surface area (Å²) in [6, 6.07) is 9.02. The zero-order valence-corrected chi connectivity index (χ0v) is 15.0. The Morgan fingerprint density at radius 2 is 1.95 bits per heavy atom. The first-order valence-electron chi connectivity index (χ1n) is 8.27. The topological polar surface area (TPSA) is 29.3 Å². The zero-order valence-electron chi connectivity index (χ0n) is 13.4. The third kappa shape index (κ3) is 5.39. The number of hydrogen-bond acceptors (Lipinski definition) is 2. The molecular weight excluding hydrogens is 324 g/mol. The molecule has 3 atom stereocenters. The summed E-state index contributed by atoms with van der Waals surface area (Å²) in [4.78, 5) is 2.43. The molecule has 0 bridgehead atoms. The van der Waals surface area contributed by atoms with E-state index in [1.807, 2.05) is 0 Å². The molecule has 0 amide bonds. The van der Waals surface area contributed by atoms with Gasteiger partial charge in [-0.2, -0.15) is 0 Å². The maximum atomic E-state index is 6.37. The summed E-state index contributed by atoms with van der Waals surface area (Å²) >= 11 is 3.49. The van der Waals surface area contributed by atoms with Crippen LogP contribution in [0.4, 0.5) is 0 Å². The molecule has 3 unspecified atom stereocenters. The van der Waals surface area contributed by atoms with Crippen LogP contribution in [0.1, 0.15) is 44.6 Å². The lowest BCUT2D eigenvalue weighted by atomic mass is 9.76. The second kappa shape index (κ2) is 8.30. The van der Waals surface area contributed by atoms with E-state index in [0.29, 0.717) is 12.0 Å². The number of benzene rings is 1. The molecule has 1 aliphatic rings. The van der Waals surface area contributed by atoms with Crippen molar-refractivity contribution in [3.8, 4) is 0 Å². The van der Waals surface area contributed by atoms with Crippen LogP contribution in [0, 0.1) is 11.8 Å². The Bertz CT molecular complexity index is 418. The Kier molecular flexibility index (Phi) is 6.72. The number of nitrogens with two attached hydrogens (primary N) is 1. The summed E-state index contributed by atoms with van der Waals surface area (Å²) in [5, 5.41) is 0. The van der Waals surface area contributed by atoms with Crippen molar-refractivity contribution in [2.45, 2.75) is 51.6 Å². The molecule has 1 saturated carbocycles. The molecule has 0 radical (unpaired) electrons. The fraction of sp³-hybridized carbons (Fsp3) is 0.667. The van der Waals surface area contributed by atoms with Crippen LogP contribution in [-0.2, 0) is 6.54 Å². The lowest BCUT2D eigenvalue weighted by molar-refractivity contribution is 0.165. The van der Waals surface area contributed by atoms with Crippen molar-refractivity contribution < 1.29 is 0 Å². The van der Waals surface area contributed by atoms with Crippen molar-refractivity contribution in [1.82, 2.24) is 4.90 Å². The third-order valence-electron chi connectivity index (χ3n) is 4.76. The van der Waals surface area contributed by atoms with E-state index in [-0.39, 0.29) is 0 Å². The van der Waals surface area contributed by atoms with E-state index < -0.39 is 0 Å². The minimum absolute atomic E-state index is 0.394. The van der Waals surface area contributed by atoms with Gasteiger partial charge in [0, 0.05) is 23.6 Å². The SMILES string of the molecule is CCCC1CCC(N)C(CN(C)Cc2ccc(Br)cc2)C1. The number of nitrogens with zero attached hydrogens (tertiary/aromatic N) is 1. The molecule has 3 heteroatoms. The van der Waals surface area contributed by atoms with Crippen LogP contribution in [0.25, 0.3) is 0 Å². The molecule has 0 spiro atoms. The van der Waals surface area contributed by atoms with Gasteiger partial charge < -0.3 is 10.6 Å². The van der Waals surface area contributed by atoms with Crippen LogP contribution in [0.2, 0.25) is 0 Å². The highest BCUT2D eigenvalue weighted by Crippen LogP contribution is 2.31. The molecule has 0 saturated heterocycles. The number of halogens is 1. The van der Waals surface area contributed by atoms with Gasteiger partial charge in [-0.25, -0.2) is 0 Å². The lowest BCUT2D eigenvalue weighted by Gasteiger charge is -2.36. The second-order valence-corrected chi connectivity index (χ2v) is 7.63. The third-order valence-corrected chi connectivity index (χ3v) is 5.29. The zero-order chi connectivity index (χ0) is 15.2. The summed E-state index contributed by atoms with van der Waals surface area (Å²) in [5.41, 5.74) is 7.74. The van der Waals surface area contributed by atoms with Crippen molar-refractivity contribution in [1.29, 1.82) is 0 Å². The van der Waals surface area contributed by atoms with Crippen molar-refractivity contribution in [2.24, 2.45) is 17.6 Å². The molecular formula is C18H29BrN2. The first-order valence-corrected chi connectivity index (χ1v) is 9.06. The largest absolute Gasteiger partial charge is 0.327 e. The van der Waals surface area contributed by atoms with Crippen LogP contribution >= 0.6 is 15.9 Å². The normalized spacial score (nSPS) is 26.2. The van der Waals surface area contributed by atoms with Crippen molar-refractivity contribution in [2.75, 3.05) is 13.6 Å². The van der Waals surface area contributed by atoms with Gasteiger partial charge in [0.05, 0.1) is 0 Å². The Balaban J connectivity index is 1.85. The van der Waals surface area contributed by atoms with E-state index in [4.69, 9.17) is 5.73 Å².